The summed E-state index contributed by atoms with van der Waals surface area (Å²) >= 11 is 3.31. The van der Waals surface area contributed by atoms with Crippen molar-refractivity contribution in [2.45, 2.75) is 20.4 Å². The van der Waals surface area contributed by atoms with E-state index in [0.717, 1.165) is 4.47 Å². The van der Waals surface area contributed by atoms with Crippen molar-refractivity contribution in [3.63, 3.8) is 0 Å². The van der Waals surface area contributed by atoms with Gasteiger partial charge in [-0.3, -0.25) is 9.59 Å². The zero-order valence-corrected chi connectivity index (χ0v) is 15.1. The summed E-state index contributed by atoms with van der Waals surface area (Å²) in [5, 5.41) is 2.65. The smallest absolute Gasteiger partial charge is 0.254 e. The first-order chi connectivity index (χ1) is 11.4. The summed E-state index contributed by atoms with van der Waals surface area (Å²) in [6.07, 6.45) is 0. The van der Waals surface area contributed by atoms with Gasteiger partial charge in [0.25, 0.3) is 5.91 Å². The fourth-order valence-corrected chi connectivity index (χ4v) is 2.72. The number of hydrogen-bond acceptors (Lipinski definition) is 2. The summed E-state index contributed by atoms with van der Waals surface area (Å²) in [6, 6.07) is 11.4. The summed E-state index contributed by atoms with van der Waals surface area (Å²) in [5.74, 6) is -0.774. The molecule has 6 heteroatoms. The van der Waals surface area contributed by atoms with Crippen molar-refractivity contribution in [3.8, 4) is 0 Å². The van der Waals surface area contributed by atoms with E-state index in [2.05, 4.69) is 21.2 Å². The topological polar surface area (TPSA) is 49.4 Å². The molecule has 0 bridgehead atoms. The van der Waals surface area contributed by atoms with E-state index in [4.69, 9.17) is 0 Å². The Bertz CT molecular complexity index is 764. The van der Waals surface area contributed by atoms with Crippen LogP contribution in [0.1, 0.15) is 29.8 Å². The molecule has 0 unspecified atom stereocenters. The van der Waals surface area contributed by atoms with Crippen LogP contribution in [0.3, 0.4) is 0 Å². The number of carbonyl (C=O) groups is 2. The molecule has 0 aliphatic rings. The van der Waals surface area contributed by atoms with Crippen LogP contribution in [0.2, 0.25) is 0 Å². The number of anilines is 1. The van der Waals surface area contributed by atoms with E-state index in [-0.39, 0.29) is 24.2 Å². The number of rotatable bonds is 5. The molecule has 0 saturated carbocycles. The Morgan fingerprint density at radius 1 is 1.21 bits per heavy atom. The molecule has 0 aromatic heterocycles. The van der Waals surface area contributed by atoms with Crippen molar-refractivity contribution < 1.29 is 14.0 Å². The highest BCUT2D eigenvalue weighted by Gasteiger charge is 2.17. The van der Waals surface area contributed by atoms with Crippen molar-refractivity contribution in [2.75, 3.05) is 11.9 Å². The summed E-state index contributed by atoms with van der Waals surface area (Å²) in [7, 11) is 0. The lowest BCUT2D eigenvalue weighted by Gasteiger charge is -2.22. The van der Waals surface area contributed by atoms with Gasteiger partial charge in [-0.25, -0.2) is 4.39 Å². The Morgan fingerprint density at radius 2 is 1.96 bits per heavy atom. The molecule has 0 aliphatic carbocycles. The molecule has 126 valence electrons. The number of nitrogens with zero attached hydrogens (tertiary/aromatic N) is 1. The lowest BCUT2D eigenvalue weighted by molar-refractivity contribution is -0.114. The first-order valence-electron chi connectivity index (χ1n) is 7.51. The normalized spacial score (nSPS) is 10.3. The maximum Gasteiger partial charge on any atom is 0.254 e. The number of hydrogen-bond donors (Lipinski definition) is 1. The van der Waals surface area contributed by atoms with Crippen LogP contribution >= 0.6 is 15.9 Å². The Morgan fingerprint density at radius 3 is 2.62 bits per heavy atom. The van der Waals surface area contributed by atoms with Crippen LogP contribution in [0.15, 0.2) is 46.9 Å². The lowest BCUT2D eigenvalue weighted by atomic mass is 10.1. The molecule has 24 heavy (non-hydrogen) atoms. The number of carbonyl (C=O) groups excluding carboxylic acids is 2. The molecule has 0 spiro atoms. The minimum atomic E-state index is -0.351. The van der Waals surface area contributed by atoms with E-state index in [1.165, 1.54) is 13.0 Å². The van der Waals surface area contributed by atoms with E-state index in [1.807, 2.05) is 6.92 Å². The Balaban J connectivity index is 2.22. The van der Waals surface area contributed by atoms with Crippen LogP contribution < -0.4 is 5.32 Å². The molecule has 0 aliphatic heterocycles. The van der Waals surface area contributed by atoms with Gasteiger partial charge in [0.1, 0.15) is 5.82 Å². The van der Waals surface area contributed by atoms with Crippen LogP contribution in [-0.2, 0) is 11.3 Å². The van der Waals surface area contributed by atoms with E-state index in [1.54, 1.807) is 41.3 Å². The highest BCUT2D eigenvalue weighted by Crippen LogP contribution is 2.19. The third-order valence-electron chi connectivity index (χ3n) is 3.47. The SMILES string of the molecule is CCN(Cc1cc(Br)ccc1F)C(=O)c1cccc(NC(C)=O)c1. The highest BCUT2D eigenvalue weighted by molar-refractivity contribution is 9.10. The first kappa shape index (κ1) is 18.1. The zero-order chi connectivity index (χ0) is 17.7. The monoisotopic (exact) mass is 392 g/mol. The Labute approximate surface area is 148 Å². The summed E-state index contributed by atoms with van der Waals surface area (Å²) in [5.41, 5.74) is 1.44. The second kappa shape index (κ2) is 8.06. The molecule has 2 amide bonds. The molecule has 0 fully saturated rings. The van der Waals surface area contributed by atoms with E-state index in [9.17, 15) is 14.0 Å². The summed E-state index contributed by atoms with van der Waals surface area (Å²) < 4.78 is 14.7. The highest BCUT2D eigenvalue weighted by atomic mass is 79.9. The van der Waals surface area contributed by atoms with E-state index >= 15 is 0 Å². The Kier molecular flexibility index (Phi) is 6.09. The Hall–Kier alpha value is -2.21. The molecular weight excluding hydrogens is 375 g/mol. The van der Waals surface area contributed by atoms with Crippen molar-refractivity contribution in [1.82, 2.24) is 4.90 Å². The molecule has 0 atom stereocenters. The van der Waals surface area contributed by atoms with Gasteiger partial charge in [0.15, 0.2) is 0 Å². The van der Waals surface area contributed by atoms with Gasteiger partial charge in [0.05, 0.1) is 0 Å². The van der Waals surface area contributed by atoms with Crippen LogP contribution in [-0.4, -0.2) is 23.3 Å². The molecule has 4 nitrogen and oxygen atoms in total. The maximum atomic E-state index is 13.9. The van der Waals surface area contributed by atoms with Gasteiger partial charge in [0, 0.05) is 41.3 Å². The van der Waals surface area contributed by atoms with Gasteiger partial charge in [-0.05, 0) is 43.3 Å². The van der Waals surface area contributed by atoms with E-state index in [0.29, 0.717) is 23.4 Å². The van der Waals surface area contributed by atoms with Gasteiger partial charge < -0.3 is 10.2 Å². The summed E-state index contributed by atoms with van der Waals surface area (Å²) in [4.78, 5) is 25.4. The fourth-order valence-electron chi connectivity index (χ4n) is 2.31. The zero-order valence-electron chi connectivity index (χ0n) is 13.5. The second-order valence-electron chi connectivity index (χ2n) is 5.32. The van der Waals surface area contributed by atoms with Crippen LogP contribution in [0.5, 0.6) is 0 Å². The van der Waals surface area contributed by atoms with Crippen molar-refractivity contribution in [3.05, 3.63) is 63.9 Å². The van der Waals surface area contributed by atoms with Gasteiger partial charge in [-0.2, -0.15) is 0 Å². The van der Waals surface area contributed by atoms with Crippen molar-refractivity contribution in [1.29, 1.82) is 0 Å². The fraction of sp³-hybridized carbons (Fsp3) is 0.222. The van der Waals surface area contributed by atoms with Crippen LogP contribution in [0.25, 0.3) is 0 Å². The molecule has 2 aromatic rings. The predicted molar refractivity (Wildman–Crippen MR) is 95.3 cm³/mol. The predicted octanol–water partition coefficient (Wildman–Crippen LogP) is 4.21. The second-order valence-corrected chi connectivity index (χ2v) is 6.23. The van der Waals surface area contributed by atoms with Crippen molar-refractivity contribution >= 4 is 33.4 Å². The first-order valence-corrected chi connectivity index (χ1v) is 8.31. The number of benzene rings is 2. The average Bonchev–Trinajstić information content (AvgIpc) is 2.54. The quantitative estimate of drug-likeness (QED) is 0.828. The van der Waals surface area contributed by atoms with Gasteiger partial charge in [0.2, 0.25) is 5.91 Å². The minimum absolute atomic E-state index is 0.172. The maximum absolute atomic E-state index is 13.9. The average molecular weight is 393 g/mol. The molecule has 1 N–H and O–H groups in total. The number of halogens is 2. The molecule has 0 radical (unpaired) electrons. The lowest BCUT2D eigenvalue weighted by Crippen LogP contribution is -2.30. The molecule has 2 aromatic carbocycles. The van der Waals surface area contributed by atoms with Crippen molar-refractivity contribution in [2.24, 2.45) is 0 Å². The number of amides is 2. The standard InChI is InChI=1S/C18H18BrFN2O2/c1-3-22(11-14-9-15(19)7-8-17(14)20)18(24)13-5-4-6-16(10-13)21-12(2)23/h4-10H,3,11H2,1-2H3,(H,21,23). The third kappa shape index (κ3) is 4.64. The molecule has 0 heterocycles. The van der Waals surface area contributed by atoms with Crippen LogP contribution in [0, 0.1) is 5.82 Å². The van der Waals surface area contributed by atoms with Gasteiger partial charge in [-0.15, -0.1) is 0 Å². The van der Waals surface area contributed by atoms with Crippen LogP contribution in [0.4, 0.5) is 10.1 Å². The third-order valence-corrected chi connectivity index (χ3v) is 3.96. The molecule has 2 rings (SSSR count). The summed E-state index contributed by atoms with van der Waals surface area (Å²) in [6.45, 7) is 3.86. The van der Waals surface area contributed by atoms with Gasteiger partial charge in [-0.1, -0.05) is 22.0 Å². The minimum Gasteiger partial charge on any atom is -0.334 e. The molecular formula is C18H18BrFN2O2. The van der Waals surface area contributed by atoms with E-state index < -0.39 is 0 Å². The van der Waals surface area contributed by atoms with Gasteiger partial charge >= 0.3 is 0 Å². The largest absolute Gasteiger partial charge is 0.334 e. The number of nitrogens with one attached hydrogen (secondary N) is 1. The molecule has 0 saturated heterocycles.